The topological polar surface area (TPSA) is 35.5 Å². The fourth-order valence-corrected chi connectivity index (χ4v) is 4.38. The molecule has 0 aliphatic rings. The first kappa shape index (κ1) is 28.0. The molecule has 188 valence electrons. The number of unbranched alkanes of at least 4 members (excludes halogenated alkanes) is 7. The van der Waals surface area contributed by atoms with Crippen molar-refractivity contribution in [1.29, 1.82) is 0 Å². The normalized spacial score (nSPS) is 11.9. The van der Waals surface area contributed by atoms with Crippen LogP contribution in [0.1, 0.15) is 108 Å². The molecular weight excluding hydrogens is 420 g/mol. The van der Waals surface area contributed by atoms with Crippen LogP contribution in [-0.4, -0.2) is 19.2 Å². The van der Waals surface area contributed by atoms with Crippen molar-refractivity contribution in [1.82, 2.24) is 0 Å². The Morgan fingerprint density at radius 3 is 2.21 bits per heavy atom. The molecule has 2 rings (SSSR count). The van der Waals surface area contributed by atoms with Crippen molar-refractivity contribution in [3.05, 3.63) is 53.6 Å². The highest BCUT2D eigenvalue weighted by molar-refractivity contribution is 5.97. The van der Waals surface area contributed by atoms with Crippen molar-refractivity contribution in [3.63, 3.8) is 0 Å². The Balaban J connectivity index is 2.07. The van der Waals surface area contributed by atoms with Gasteiger partial charge in [-0.1, -0.05) is 103 Å². The van der Waals surface area contributed by atoms with Gasteiger partial charge in [0.05, 0.1) is 18.8 Å². The number of hydrogen-bond donors (Lipinski definition) is 0. The smallest absolute Gasteiger partial charge is 0.338 e. The number of carbonyl (C=O) groups is 1. The van der Waals surface area contributed by atoms with Gasteiger partial charge in [-0.05, 0) is 60.6 Å². The Hall–Kier alpha value is -2.29. The monoisotopic (exact) mass is 466 g/mol. The fourth-order valence-electron chi connectivity index (χ4n) is 4.38. The average molecular weight is 467 g/mol. The van der Waals surface area contributed by atoms with Gasteiger partial charge in [-0.25, -0.2) is 4.79 Å². The van der Waals surface area contributed by atoms with Crippen LogP contribution >= 0.6 is 0 Å². The lowest BCUT2D eigenvalue weighted by atomic mass is 9.93. The summed E-state index contributed by atoms with van der Waals surface area (Å²) in [5, 5.41) is 0. The number of ether oxygens (including phenoxy) is 2. The molecule has 1 unspecified atom stereocenters. The van der Waals surface area contributed by atoms with Gasteiger partial charge in [-0.2, -0.15) is 0 Å². The molecule has 0 heterocycles. The highest BCUT2D eigenvalue weighted by atomic mass is 16.5. The standard InChI is InChI=1S/C31H46O3/c1-5-8-10-11-12-14-22-34-28-20-21-29(31(32)33-7-3)30(24-28)27-18-16-26(17-19-27)23-25(4)15-13-9-6-2/h16-21,24-25H,5-15,22-23H2,1-4H3. The van der Waals surface area contributed by atoms with Crippen LogP contribution in [0.15, 0.2) is 42.5 Å². The highest BCUT2D eigenvalue weighted by Gasteiger charge is 2.15. The summed E-state index contributed by atoms with van der Waals surface area (Å²) in [5.41, 5.74) is 3.84. The maximum Gasteiger partial charge on any atom is 0.338 e. The largest absolute Gasteiger partial charge is 0.494 e. The first-order valence-corrected chi connectivity index (χ1v) is 13.6. The maximum absolute atomic E-state index is 12.6. The summed E-state index contributed by atoms with van der Waals surface area (Å²) in [4.78, 5) is 12.6. The van der Waals surface area contributed by atoms with Crippen molar-refractivity contribution in [3.8, 4) is 16.9 Å². The van der Waals surface area contributed by atoms with E-state index < -0.39 is 0 Å². The third-order valence-corrected chi connectivity index (χ3v) is 6.40. The van der Waals surface area contributed by atoms with E-state index in [2.05, 4.69) is 45.0 Å². The number of carbonyl (C=O) groups excluding carboxylic acids is 1. The summed E-state index contributed by atoms with van der Waals surface area (Å²) < 4.78 is 11.4. The lowest BCUT2D eigenvalue weighted by Gasteiger charge is -2.14. The van der Waals surface area contributed by atoms with Crippen molar-refractivity contribution in [2.24, 2.45) is 5.92 Å². The Kier molecular flexibility index (Phi) is 13.4. The molecule has 0 saturated carbocycles. The van der Waals surface area contributed by atoms with E-state index in [9.17, 15) is 4.79 Å². The summed E-state index contributed by atoms with van der Waals surface area (Å²) in [6.07, 6.45) is 13.7. The second-order valence-electron chi connectivity index (χ2n) is 9.55. The number of benzene rings is 2. The molecule has 0 radical (unpaired) electrons. The molecule has 0 fully saturated rings. The molecule has 0 saturated heterocycles. The molecule has 0 aromatic heterocycles. The second-order valence-corrected chi connectivity index (χ2v) is 9.55. The lowest BCUT2D eigenvalue weighted by molar-refractivity contribution is 0.0527. The lowest BCUT2D eigenvalue weighted by Crippen LogP contribution is -2.07. The molecule has 0 N–H and O–H groups in total. The van der Waals surface area contributed by atoms with Crippen molar-refractivity contribution >= 4 is 5.97 Å². The zero-order chi connectivity index (χ0) is 24.6. The van der Waals surface area contributed by atoms with E-state index in [0.717, 1.165) is 29.7 Å². The number of rotatable bonds is 17. The summed E-state index contributed by atoms with van der Waals surface area (Å²) in [6, 6.07) is 14.4. The van der Waals surface area contributed by atoms with Crippen molar-refractivity contribution in [2.75, 3.05) is 13.2 Å². The first-order valence-electron chi connectivity index (χ1n) is 13.6. The Bertz CT molecular complexity index is 825. The van der Waals surface area contributed by atoms with E-state index in [4.69, 9.17) is 9.47 Å². The van der Waals surface area contributed by atoms with Crippen LogP contribution in [0.5, 0.6) is 5.75 Å². The zero-order valence-electron chi connectivity index (χ0n) is 22.0. The predicted octanol–water partition coefficient (Wildman–Crippen LogP) is 9.03. The van der Waals surface area contributed by atoms with Crippen LogP contribution in [0.4, 0.5) is 0 Å². The molecule has 3 nitrogen and oxygen atoms in total. The van der Waals surface area contributed by atoms with Gasteiger partial charge in [0, 0.05) is 0 Å². The molecule has 1 atom stereocenters. The van der Waals surface area contributed by atoms with Crippen LogP contribution < -0.4 is 4.74 Å². The SMILES string of the molecule is CCCCCCCCOc1ccc(C(=O)OCC)c(-c2ccc(CC(C)CCCCC)cc2)c1. The van der Waals surface area contributed by atoms with Crippen LogP contribution in [-0.2, 0) is 11.2 Å². The molecular formula is C31H46O3. The molecule has 0 aliphatic heterocycles. The molecule has 2 aromatic carbocycles. The summed E-state index contributed by atoms with van der Waals surface area (Å²) in [6.45, 7) is 9.74. The third kappa shape index (κ3) is 9.91. The molecule has 3 heteroatoms. The Morgan fingerprint density at radius 2 is 1.50 bits per heavy atom. The average Bonchev–Trinajstić information content (AvgIpc) is 2.84. The summed E-state index contributed by atoms with van der Waals surface area (Å²) >= 11 is 0. The van der Waals surface area contributed by atoms with Gasteiger partial charge >= 0.3 is 5.97 Å². The van der Waals surface area contributed by atoms with E-state index in [1.807, 2.05) is 25.1 Å². The Labute approximate surface area is 208 Å². The van der Waals surface area contributed by atoms with Crippen LogP contribution in [0, 0.1) is 5.92 Å². The minimum absolute atomic E-state index is 0.284. The van der Waals surface area contributed by atoms with Gasteiger partial charge in [0.15, 0.2) is 0 Å². The Morgan fingerprint density at radius 1 is 0.824 bits per heavy atom. The van der Waals surface area contributed by atoms with E-state index in [0.29, 0.717) is 24.7 Å². The quantitative estimate of drug-likeness (QED) is 0.172. The second kappa shape index (κ2) is 16.4. The van der Waals surface area contributed by atoms with Crippen LogP contribution in [0.3, 0.4) is 0 Å². The molecule has 2 aromatic rings. The van der Waals surface area contributed by atoms with Crippen LogP contribution in [0.25, 0.3) is 11.1 Å². The van der Waals surface area contributed by atoms with E-state index in [-0.39, 0.29) is 5.97 Å². The van der Waals surface area contributed by atoms with Crippen LogP contribution in [0.2, 0.25) is 0 Å². The van der Waals surface area contributed by atoms with Gasteiger partial charge in [-0.15, -0.1) is 0 Å². The maximum atomic E-state index is 12.6. The number of hydrogen-bond acceptors (Lipinski definition) is 3. The molecule has 0 spiro atoms. The summed E-state index contributed by atoms with van der Waals surface area (Å²) in [5.74, 6) is 1.21. The highest BCUT2D eigenvalue weighted by Crippen LogP contribution is 2.30. The zero-order valence-corrected chi connectivity index (χ0v) is 22.0. The van der Waals surface area contributed by atoms with Crippen molar-refractivity contribution < 1.29 is 14.3 Å². The molecule has 0 amide bonds. The molecule has 0 aliphatic carbocycles. The van der Waals surface area contributed by atoms with E-state index in [1.165, 1.54) is 63.4 Å². The summed E-state index contributed by atoms with van der Waals surface area (Å²) in [7, 11) is 0. The van der Waals surface area contributed by atoms with Crippen molar-refractivity contribution in [2.45, 2.75) is 98.3 Å². The fraction of sp³-hybridized carbons (Fsp3) is 0.581. The van der Waals surface area contributed by atoms with Gasteiger partial charge < -0.3 is 9.47 Å². The molecule has 34 heavy (non-hydrogen) atoms. The van der Waals surface area contributed by atoms with E-state index in [1.54, 1.807) is 0 Å². The van der Waals surface area contributed by atoms with Gasteiger partial charge in [-0.3, -0.25) is 0 Å². The predicted molar refractivity (Wildman–Crippen MR) is 144 cm³/mol. The molecule has 0 bridgehead atoms. The van der Waals surface area contributed by atoms with Gasteiger partial charge in [0.25, 0.3) is 0 Å². The minimum Gasteiger partial charge on any atom is -0.494 e. The van der Waals surface area contributed by atoms with Gasteiger partial charge in [0.2, 0.25) is 0 Å². The first-order chi connectivity index (χ1) is 16.6. The van der Waals surface area contributed by atoms with E-state index >= 15 is 0 Å². The van der Waals surface area contributed by atoms with Gasteiger partial charge in [0.1, 0.15) is 5.75 Å². The minimum atomic E-state index is -0.284. The third-order valence-electron chi connectivity index (χ3n) is 6.40. The number of esters is 1.